The zero-order valence-corrected chi connectivity index (χ0v) is 8.48. The second-order valence-electron chi connectivity index (χ2n) is 3.22. The average molecular weight is 219 g/mol. The molecule has 1 N–H and O–H groups in total. The highest BCUT2D eigenvalue weighted by atomic mass is 19.2. The zero-order valence-electron chi connectivity index (χ0n) is 8.48. The highest BCUT2D eigenvalue weighted by molar-refractivity contribution is 5.46. The lowest BCUT2D eigenvalue weighted by Crippen LogP contribution is -2.21. The SMILES string of the molecule is COCC(C)Nc1ccc(F)c(F)c1F. The lowest BCUT2D eigenvalue weighted by Gasteiger charge is -2.14. The van der Waals surface area contributed by atoms with Crippen LogP contribution in [0.5, 0.6) is 0 Å². The van der Waals surface area contributed by atoms with Gasteiger partial charge in [0.15, 0.2) is 17.5 Å². The van der Waals surface area contributed by atoms with E-state index < -0.39 is 17.5 Å². The highest BCUT2D eigenvalue weighted by Gasteiger charge is 2.14. The molecule has 84 valence electrons. The first-order chi connectivity index (χ1) is 7.06. The molecule has 0 fully saturated rings. The van der Waals surface area contributed by atoms with E-state index in [-0.39, 0.29) is 11.7 Å². The number of ether oxygens (including phenoxy) is 1. The van der Waals surface area contributed by atoms with Gasteiger partial charge in [0.05, 0.1) is 12.3 Å². The van der Waals surface area contributed by atoms with E-state index in [9.17, 15) is 13.2 Å². The molecule has 0 aliphatic heterocycles. The van der Waals surface area contributed by atoms with Crippen LogP contribution in [0.4, 0.5) is 18.9 Å². The summed E-state index contributed by atoms with van der Waals surface area (Å²) in [6.45, 7) is 2.09. The third kappa shape index (κ3) is 2.86. The molecule has 15 heavy (non-hydrogen) atoms. The molecular weight excluding hydrogens is 207 g/mol. The van der Waals surface area contributed by atoms with Gasteiger partial charge in [0.1, 0.15) is 0 Å². The molecule has 1 aromatic rings. The largest absolute Gasteiger partial charge is 0.383 e. The first-order valence-corrected chi connectivity index (χ1v) is 4.45. The van der Waals surface area contributed by atoms with Crippen LogP contribution in [0.1, 0.15) is 6.92 Å². The van der Waals surface area contributed by atoms with E-state index in [1.54, 1.807) is 6.92 Å². The minimum atomic E-state index is -1.47. The summed E-state index contributed by atoms with van der Waals surface area (Å²) in [6, 6.07) is 1.84. The van der Waals surface area contributed by atoms with Crippen molar-refractivity contribution in [3.63, 3.8) is 0 Å². The maximum atomic E-state index is 13.1. The van der Waals surface area contributed by atoms with Crippen molar-refractivity contribution in [1.29, 1.82) is 0 Å². The molecule has 1 rings (SSSR count). The van der Waals surface area contributed by atoms with Gasteiger partial charge in [-0.3, -0.25) is 0 Å². The lowest BCUT2D eigenvalue weighted by molar-refractivity contribution is 0.190. The molecule has 1 unspecified atom stereocenters. The molecule has 0 bridgehead atoms. The number of benzene rings is 1. The molecule has 0 heterocycles. The Morgan fingerprint density at radius 3 is 2.53 bits per heavy atom. The van der Waals surface area contributed by atoms with Crippen molar-refractivity contribution in [3.05, 3.63) is 29.6 Å². The van der Waals surface area contributed by atoms with Gasteiger partial charge in [0.2, 0.25) is 0 Å². The summed E-state index contributed by atoms with van der Waals surface area (Å²) in [5, 5.41) is 2.67. The molecule has 0 saturated heterocycles. The summed E-state index contributed by atoms with van der Waals surface area (Å²) < 4.78 is 43.3. The van der Waals surface area contributed by atoms with Crippen molar-refractivity contribution in [1.82, 2.24) is 0 Å². The first-order valence-electron chi connectivity index (χ1n) is 4.45. The molecule has 0 radical (unpaired) electrons. The normalized spacial score (nSPS) is 12.6. The number of halogens is 3. The van der Waals surface area contributed by atoms with Crippen LogP contribution in [0.3, 0.4) is 0 Å². The number of nitrogens with one attached hydrogen (secondary N) is 1. The molecule has 0 spiro atoms. The maximum absolute atomic E-state index is 13.1. The van der Waals surface area contributed by atoms with Crippen LogP contribution in [0, 0.1) is 17.5 Å². The van der Waals surface area contributed by atoms with Gasteiger partial charge in [-0.25, -0.2) is 13.2 Å². The van der Waals surface area contributed by atoms with Gasteiger partial charge in [0, 0.05) is 13.2 Å². The van der Waals surface area contributed by atoms with Crippen LogP contribution in [0.15, 0.2) is 12.1 Å². The molecule has 0 saturated carbocycles. The summed E-state index contributed by atoms with van der Waals surface area (Å²) in [5.41, 5.74) is -0.0709. The average Bonchev–Trinajstić information content (AvgIpc) is 2.20. The van der Waals surface area contributed by atoms with Crippen molar-refractivity contribution in [2.75, 3.05) is 19.0 Å². The third-order valence-corrected chi connectivity index (χ3v) is 1.85. The third-order valence-electron chi connectivity index (χ3n) is 1.85. The van der Waals surface area contributed by atoms with Gasteiger partial charge in [-0.05, 0) is 19.1 Å². The van der Waals surface area contributed by atoms with E-state index in [1.165, 1.54) is 7.11 Å². The van der Waals surface area contributed by atoms with E-state index in [0.29, 0.717) is 6.61 Å². The van der Waals surface area contributed by atoms with Crippen molar-refractivity contribution < 1.29 is 17.9 Å². The molecule has 0 aliphatic carbocycles. The Balaban J connectivity index is 2.82. The number of hydrogen-bond acceptors (Lipinski definition) is 2. The van der Waals surface area contributed by atoms with E-state index in [1.807, 2.05) is 0 Å². The second-order valence-corrected chi connectivity index (χ2v) is 3.22. The molecule has 1 atom stereocenters. The van der Waals surface area contributed by atoms with Crippen molar-refractivity contribution in [3.8, 4) is 0 Å². The fourth-order valence-corrected chi connectivity index (χ4v) is 1.19. The predicted molar refractivity (Wildman–Crippen MR) is 51.3 cm³/mol. The van der Waals surface area contributed by atoms with Crippen LogP contribution >= 0.6 is 0 Å². The zero-order chi connectivity index (χ0) is 11.4. The molecule has 0 aliphatic rings. The smallest absolute Gasteiger partial charge is 0.196 e. The van der Waals surface area contributed by atoms with E-state index in [0.717, 1.165) is 12.1 Å². The summed E-state index contributed by atoms with van der Waals surface area (Å²) >= 11 is 0. The van der Waals surface area contributed by atoms with Crippen LogP contribution in [0.25, 0.3) is 0 Å². The Bertz CT molecular complexity index is 344. The maximum Gasteiger partial charge on any atom is 0.196 e. The van der Waals surface area contributed by atoms with E-state index >= 15 is 0 Å². The summed E-state index contributed by atoms with van der Waals surface area (Å²) in [6.07, 6.45) is 0. The fourth-order valence-electron chi connectivity index (χ4n) is 1.19. The van der Waals surface area contributed by atoms with E-state index in [2.05, 4.69) is 5.32 Å². The van der Waals surface area contributed by atoms with Crippen molar-refractivity contribution in [2.45, 2.75) is 13.0 Å². The van der Waals surface area contributed by atoms with Gasteiger partial charge >= 0.3 is 0 Å². The van der Waals surface area contributed by atoms with Crippen LogP contribution < -0.4 is 5.32 Å². The minimum absolute atomic E-state index is 0.0709. The van der Waals surface area contributed by atoms with Crippen molar-refractivity contribution in [2.24, 2.45) is 0 Å². The molecule has 2 nitrogen and oxygen atoms in total. The van der Waals surface area contributed by atoms with Crippen LogP contribution in [-0.4, -0.2) is 19.8 Å². The van der Waals surface area contributed by atoms with Gasteiger partial charge < -0.3 is 10.1 Å². The summed E-state index contributed by atoms with van der Waals surface area (Å²) in [7, 11) is 1.50. The lowest BCUT2D eigenvalue weighted by atomic mass is 10.2. The summed E-state index contributed by atoms with van der Waals surface area (Å²) in [5.74, 6) is -3.87. The highest BCUT2D eigenvalue weighted by Crippen LogP contribution is 2.20. The Kier molecular flexibility index (Phi) is 3.96. The van der Waals surface area contributed by atoms with Gasteiger partial charge in [-0.2, -0.15) is 0 Å². The van der Waals surface area contributed by atoms with Gasteiger partial charge in [-0.1, -0.05) is 0 Å². The predicted octanol–water partition coefficient (Wildman–Crippen LogP) is 2.55. The van der Waals surface area contributed by atoms with Gasteiger partial charge in [-0.15, -0.1) is 0 Å². The molecular formula is C10H12F3NO. The Hall–Kier alpha value is -1.23. The van der Waals surface area contributed by atoms with Crippen LogP contribution in [-0.2, 0) is 4.74 Å². The van der Waals surface area contributed by atoms with Gasteiger partial charge in [0.25, 0.3) is 0 Å². The van der Waals surface area contributed by atoms with E-state index in [4.69, 9.17) is 4.74 Å². The number of hydrogen-bond donors (Lipinski definition) is 1. The Morgan fingerprint density at radius 1 is 1.27 bits per heavy atom. The second kappa shape index (κ2) is 5.02. The molecule has 1 aromatic carbocycles. The molecule has 0 aromatic heterocycles. The number of anilines is 1. The topological polar surface area (TPSA) is 21.3 Å². The monoisotopic (exact) mass is 219 g/mol. The fraction of sp³-hybridized carbons (Fsp3) is 0.400. The quantitative estimate of drug-likeness (QED) is 0.786. The Morgan fingerprint density at radius 2 is 1.93 bits per heavy atom. The number of methoxy groups -OCH3 is 1. The van der Waals surface area contributed by atoms with Crippen LogP contribution in [0.2, 0.25) is 0 Å². The van der Waals surface area contributed by atoms with Crippen molar-refractivity contribution >= 4 is 5.69 Å². The summed E-state index contributed by atoms with van der Waals surface area (Å²) in [4.78, 5) is 0. The first kappa shape index (κ1) is 11.8. The number of rotatable bonds is 4. The molecule has 0 amide bonds. The minimum Gasteiger partial charge on any atom is -0.383 e. The Labute approximate surface area is 86.1 Å². The molecule has 5 heteroatoms. The standard InChI is InChI=1S/C10H12F3NO/c1-6(5-15-2)14-8-4-3-7(11)9(12)10(8)13/h3-4,6,14H,5H2,1-2H3.